The lowest BCUT2D eigenvalue weighted by Gasteiger charge is -2.55. The van der Waals surface area contributed by atoms with Gasteiger partial charge >= 0.3 is 0 Å². The minimum absolute atomic E-state index is 0. The molecule has 0 aromatic carbocycles. The molecule has 0 N–H and O–H groups in total. The van der Waals surface area contributed by atoms with Crippen LogP contribution in [0.3, 0.4) is 0 Å². The molecular weight excluding hydrogens is 768 g/mol. The fourth-order valence-electron chi connectivity index (χ4n) is 19.4. The molecule has 0 saturated heterocycles. The Morgan fingerprint density at radius 1 is 0.327 bits per heavy atom. The van der Waals surface area contributed by atoms with Crippen LogP contribution in [0.1, 0.15) is 154 Å². The highest BCUT2D eigenvalue weighted by Gasteiger charge is 2.59. The van der Waals surface area contributed by atoms with Gasteiger partial charge in [-0.1, -0.05) is 0 Å². The number of hydrogen-bond donors (Lipinski definition) is 0. The van der Waals surface area contributed by atoms with Gasteiger partial charge in [-0.3, -0.25) is 0 Å². The average Bonchev–Trinajstić information content (AvgIpc) is 3.76. The van der Waals surface area contributed by atoms with Crippen molar-refractivity contribution in [3.63, 3.8) is 0 Å². The van der Waals surface area contributed by atoms with Crippen LogP contribution in [0.5, 0.6) is 0 Å². The van der Waals surface area contributed by atoms with Gasteiger partial charge in [-0.15, -0.1) is 0 Å². The standard InChI is InChI=1S/2C23H33N2.2BrH/c2*1-2-25(23-12-19-6-20(13-23)8-21(7-19)14-23)15-24(1)22-9-16-3-17(10-22)5-18(4-16)11-22;;/h2*1-2,15-21H,3-14H2;2*1H/q2*+1;;/p-2. The molecule has 2 aromatic rings. The molecule has 16 saturated carbocycles. The van der Waals surface area contributed by atoms with Crippen LogP contribution in [0.4, 0.5) is 0 Å². The van der Waals surface area contributed by atoms with Gasteiger partial charge in [-0.05, 0) is 225 Å². The summed E-state index contributed by atoms with van der Waals surface area (Å²) >= 11 is 0. The van der Waals surface area contributed by atoms with Crippen molar-refractivity contribution in [2.75, 3.05) is 0 Å². The zero-order chi connectivity index (χ0) is 32.5. The van der Waals surface area contributed by atoms with Crippen molar-refractivity contribution in [1.82, 2.24) is 9.13 Å². The van der Waals surface area contributed by atoms with Crippen LogP contribution >= 0.6 is 0 Å². The highest BCUT2D eigenvalue weighted by molar-refractivity contribution is 5.08. The normalized spacial score (nSPS) is 53.1. The first-order valence-electron chi connectivity index (χ1n) is 22.6. The molecule has 52 heavy (non-hydrogen) atoms. The van der Waals surface area contributed by atoms with Crippen LogP contribution in [-0.2, 0) is 22.2 Å². The van der Waals surface area contributed by atoms with Crippen LogP contribution in [0.2, 0.25) is 0 Å². The summed E-state index contributed by atoms with van der Waals surface area (Å²) in [6.07, 6.45) is 51.5. The summed E-state index contributed by atoms with van der Waals surface area (Å²) in [5, 5.41) is 0. The molecule has 4 nitrogen and oxygen atoms in total. The van der Waals surface area contributed by atoms with Gasteiger partial charge in [0.1, 0.15) is 46.9 Å². The third-order valence-corrected chi connectivity index (χ3v) is 19.5. The van der Waals surface area contributed by atoms with Crippen LogP contribution in [0, 0.1) is 71.0 Å². The maximum absolute atomic E-state index is 2.73. The Morgan fingerprint density at radius 2 is 0.538 bits per heavy atom. The summed E-state index contributed by atoms with van der Waals surface area (Å²) in [5.41, 5.74) is 2.01. The third-order valence-electron chi connectivity index (χ3n) is 19.5. The Balaban J connectivity index is 0.000000119. The molecule has 0 atom stereocenters. The number of hydrogen-bond acceptors (Lipinski definition) is 0. The number of nitrogens with zero attached hydrogens (tertiary/aromatic N) is 4. The SMILES string of the molecule is [Br-].[Br-].c1c[n+](C23CC4CC(CC(C4)C2)C3)cn1C12CC3CC(CC(C3)C1)C2.c1c[n+](C23CC4CC(CC(C4)C2)C3)cn1C12CC3CC(CC(C3)C1)C2. The molecule has 16 bridgehead atoms. The molecule has 18 rings (SSSR count). The van der Waals surface area contributed by atoms with Gasteiger partial charge in [0.25, 0.3) is 0 Å². The Bertz CT molecular complexity index is 1300. The smallest absolute Gasteiger partial charge is 0.244 e. The third kappa shape index (κ3) is 5.18. The van der Waals surface area contributed by atoms with E-state index in [9.17, 15) is 0 Å². The lowest BCUT2D eigenvalue weighted by atomic mass is 9.52. The van der Waals surface area contributed by atoms with E-state index in [-0.39, 0.29) is 34.0 Å². The first-order chi connectivity index (χ1) is 24.4. The van der Waals surface area contributed by atoms with Gasteiger partial charge in [0.05, 0.1) is 0 Å². The molecule has 0 aliphatic heterocycles. The highest BCUT2D eigenvalue weighted by atomic mass is 79.9. The highest BCUT2D eigenvalue weighted by Crippen LogP contribution is 2.62. The van der Waals surface area contributed by atoms with Crippen LogP contribution in [-0.4, -0.2) is 9.13 Å². The van der Waals surface area contributed by atoms with E-state index in [4.69, 9.17) is 0 Å². The summed E-state index contributed by atoms with van der Waals surface area (Å²) in [6.45, 7) is 0. The Morgan fingerprint density at radius 3 is 0.769 bits per heavy atom. The molecule has 6 heteroatoms. The zero-order valence-electron chi connectivity index (χ0n) is 31.9. The molecule has 16 aliphatic carbocycles. The van der Waals surface area contributed by atoms with E-state index in [0.717, 1.165) is 71.0 Å². The predicted octanol–water partition coefficient (Wildman–Crippen LogP) is 3.26. The van der Waals surface area contributed by atoms with Crippen molar-refractivity contribution in [2.45, 2.75) is 176 Å². The minimum atomic E-state index is 0. The largest absolute Gasteiger partial charge is 1.00 e. The first-order valence-corrected chi connectivity index (χ1v) is 22.6. The summed E-state index contributed by atoms with van der Waals surface area (Å²) in [5.74, 6) is 12.5. The first kappa shape index (κ1) is 34.6. The van der Waals surface area contributed by atoms with Crippen molar-refractivity contribution in [1.29, 1.82) is 0 Å². The molecule has 0 amide bonds. The van der Waals surface area contributed by atoms with Crippen LogP contribution in [0.15, 0.2) is 37.4 Å². The zero-order valence-corrected chi connectivity index (χ0v) is 35.1. The van der Waals surface area contributed by atoms with E-state index in [1.165, 1.54) is 77.0 Å². The Kier molecular flexibility index (Phi) is 7.96. The van der Waals surface area contributed by atoms with Crippen molar-refractivity contribution >= 4 is 0 Å². The monoisotopic (exact) mass is 832 g/mol. The van der Waals surface area contributed by atoms with E-state index >= 15 is 0 Å². The van der Waals surface area contributed by atoms with Crippen LogP contribution in [0.25, 0.3) is 0 Å². The van der Waals surface area contributed by atoms with Gasteiger partial charge in [0.2, 0.25) is 12.7 Å². The summed E-state index contributed by atoms with van der Waals surface area (Å²) in [7, 11) is 0. The van der Waals surface area contributed by atoms with E-state index in [1.54, 1.807) is 77.0 Å². The lowest BCUT2D eigenvalue weighted by Crippen LogP contribution is -3.00. The second-order valence-electron chi connectivity index (χ2n) is 23.0. The van der Waals surface area contributed by atoms with Gasteiger partial charge < -0.3 is 34.0 Å². The average molecular weight is 835 g/mol. The maximum Gasteiger partial charge on any atom is 0.244 e. The summed E-state index contributed by atoms with van der Waals surface area (Å²) < 4.78 is 10.9. The summed E-state index contributed by atoms with van der Waals surface area (Å²) in [6, 6.07) is 0. The minimum Gasteiger partial charge on any atom is -1.00 e. The fourth-order valence-corrected chi connectivity index (χ4v) is 19.4. The number of aromatic nitrogens is 4. The second-order valence-corrected chi connectivity index (χ2v) is 23.0. The van der Waals surface area contributed by atoms with Crippen molar-refractivity contribution in [2.24, 2.45) is 71.0 Å². The van der Waals surface area contributed by atoms with Gasteiger partial charge in [-0.2, -0.15) is 0 Å². The predicted molar refractivity (Wildman–Crippen MR) is 194 cm³/mol. The van der Waals surface area contributed by atoms with Gasteiger partial charge in [0.15, 0.2) is 0 Å². The van der Waals surface area contributed by atoms with Crippen molar-refractivity contribution < 1.29 is 43.1 Å². The van der Waals surface area contributed by atoms with Crippen molar-refractivity contribution in [3.05, 3.63) is 37.4 Å². The molecule has 16 fully saturated rings. The fraction of sp³-hybridized carbons (Fsp3) is 0.870. The van der Waals surface area contributed by atoms with Crippen molar-refractivity contribution in [3.8, 4) is 0 Å². The van der Waals surface area contributed by atoms with Gasteiger partial charge in [0, 0.05) is 0 Å². The van der Waals surface area contributed by atoms with E-state index < -0.39 is 0 Å². The molecule has 0 unspecified atom stereocenters. The van der Waals surface area contributed by atoms with Gasteiger partial charge in [-0.25, -0.2) is 18.3 Å². The van der Waals surface area contributed by atoms with E-state index in [0.29, 0.717) is 22.2 Å². The second kappa shape index (κ2) is 12.0. The molecule has 2 heterocycles. The molecule has 16 aliphatic rings. The van der Waals surface area contributed by atoms with Crippen LogP contribution < -0.4 is 43.1 Å². The molecular formula is C46H66Br2N4. The molecule has 0 radical (unpaired) electrons. The van der Waals surface area contributed by atoms with E-state index in [1.807, 2.05) is 0 Å². The molecule has 2 aromatic heterocycles. The number of rotatable bonds is 4. The Labute approximate surface area is 335 Å². The topological polar surface area (TPSA) is 17.6 Å². The lowest BCUT2D eigenvalue weighted by molar-refractivity contribution is -0.776. The Hall–Kier alpha value is -0.620. The maximum atomic E-state index is 2.73. The van der Waals surface area contributed by atoms with E-state index in [2.05, 4.69) is 55.7 Å². The number of halogens is 2. The molecule has 0 spiro atoms. The quantitative estimate of drug-likeness (QED) is 0.422. The molecule has 284 valence electrons. The number of imidazole rings is 2. The summed E-state index contributed by atoms with van der Waals surface area (Å²) in [4.78, 5) is 0.